The van der Waals surface area contributed by atoms with Gasteiger partial charge in [-0.25, -0.2) is 0 Å². The van der Waals surface area contributed by atoms with E-state index in [2.05, 4.69) is 0 Å². The first-order valence-electron chi connectivity index (χ1n) is 6.95. The van der Waals surface area contributed by atoms with Crippen molar-refractivity contribution in [2.24, 2.45) is 0 Å². The van der Waals surface area contributed by atoms with Crippen LogP contribution >= 0.6 is 23.5 Å². The minimum absolute atomic E-state index is 0.0240. The molecule has 0 bridgehead atoms. The molecule has 4 heteroatoms. The monoisotopic (exact) mass is 324 g/mol. The van der Waals surface area contributed by atoms with Gasteiger partial charge in [-0.3, -0.25) is 9.59 Å². The van der Waals surface area contributed by atoms with E-state index in [1.165, 1.54) is 23.5 Å². The summed E-state index contributed by atoms with van der Waals surface area (Å²) in [5.74, 6) is -0.0480. The normalized spacial score (nSPS) is 19.5. The van der Waals surface area contributed by atoms with Gasteiger partial charge in [0.05, 0.1) is 9.81 Å². The molecule has 2 aliphatic rings. The predicted molar refractivity (Wildman–Crippen MR) is 89.8 cm³/mol. The Morgan fingerprint density at radius 2 is 1.09 bits per heavy atom. The van der Waals surface area contributed by atoms with Crippen LogP contribution < -0.4 is 0 Å². The number of rotatable bonds is 0. The first-order valence-corrected chi connectivity index (χ1v) is 8.58. The molecule has 0 fully saturated rings. The van der Waals surface area contributed by atoms with Crippen molar-refractivity contribution in [1.29, 1.82) is 0 Å². The Labute approximate surface area is 137 Å². The van der Waals surface area contributed by atoms with Crippen molar-refractivity contribution in [1.82, 2.24) is 0 Å². The maximum Gasteiger partial charge on any atom is 0.202 e. The largest absolute Gasteiger partial charge is 0.288 e. The van der Waals surface area contributed by atoms with Crippen molar-refractivity contribution in [3.63, 3.8) is 0 Å². The average molecular weight is 324 g/mol. The van der Waals surface area contributed by atoms with Crippen molar-refractivity contribution in [3.8, 4) is 0 Å². The third-order valence-electron chi connectivity index (χ3n) is 3.80. The molecule has 2 nitrogen and oxygen atoms in total. The lowest BCUT2D eigenvalue weighted by Gasteiger charge is -1.98. The number of hydrogen-bond donors (Lipinski definition) is 0. The molecule has 0 spiro atoms. The number of hydrogen-bond acceptors (Lipinski definition) is 4. The molecule has 0 aromatic heterocycles. The Morgan fingerprint density at radius 3 is 1.50 bits per heavy atom. The molecule has 0 amide bonds. The molecule has 2 aromatic carbocycles. The summed E-state index contributed by atoms with van der Waals surface area (Å²) in [7, 11) is 0. The van der Waals surface area contributed by atoms with Gasteiger partial charge >= 0.3 is 0 Å². The summed E-state index contributed by atoms with van der Waals surface area (Å²) in [5.41, 5.74) is 3.55. The molecule has 0 unspecified atom stereocenters. The molecular weight excluding hydrogens is 312 g/mol. The topological polar surface area (TPSA) is 34.1 Å². The van der Waals surface area contributed by atoms with Crippen LogP contribution in [0.25, 0.3) is 0 Å². The van der Waals surface area contributed by atoms with Gasteiger partial charge in [-0.1, -0.05) is 46.8 Å². The third kappa shape index (κ3) is 1.98. The number of fused-ring (bicyclic) bond motifs is 2. The highest BCUT2D eigenvalue weighted by molar-refractivity contribution is 8.08. The zero-order valence-electron chi connectivity index (χ0n) is 12.1. The van der Waals surface area contributed by atoms with Crippen LogP contribution in [-0.2, 0) is 0 Å². The highest BCUT2D eigenvalue weighted by atomic mass is 32.2. The minimum Gasteiger partial charge on any atom is -0.288 e. The van der Waals surface area contributed by atoms with Crippen LogP contribution in [0.1, 0.15) is 31.8 Å². The number of benzene rings is 2. The van der Waals surface area contributed by atoms with Gasteiger partial charge in [-0.15, -0.1) is 0 Å². The predicted octanol–water partition coefficient (Wildman–Crippen LogP) is 4.79. The van der Waals surface area contributed by atoms with Crippen LogP contribution in [0.15, 0.2) is 56.0 Å². The molecule has 4 rings (SSSR count). The van der Waals surface area contributed by atoms with Crippen LogP contribution in [0.5, 0.6) is 0 Å². The number of carbonyl (C=O) groups is 2. The number of allylic oxidation sites excluding steroid dienone is 2. The fraction of sp³-hybridized carbons (Fsp3) is 0.111. The number of thioether (sulfide) groups is 2. The molecule has 0 radical (unpaired) electrons. The van der Waals surface area contributed by atoms with E-state index >= 15 is 0 Å². The van der Waals surface area contributed by atoms with E-state index in [9.17, 15) is 9.59 Å². The lowest BCUT2D eigenvalue weighted by Crippen LogP contribution is -2.02. The fourth-order valence-corrected chi connectivity index (χ4v) is 4.94. The molecular formula is C18H12O2S2. The Bertz CT molecular complexity index is 820. The summed E-state index contributed by atoms with van der Waals surface area (Å²) in [6.45, 7) is 3.94. The summed E-state index contributed by atoms with van der Waals surface area (Å²) < 4.78 is 0. The lowest BCUT2D eigenvalue weighted by atomic mass is 10.0. The zero-order chi connectivity index (χ0) is 15.4. The van der Waals surface area contributed by atoms with Gasteiger partial charge in [-0.2, -0.15) is 0 Å². The van der Waals surface area contributed by atoms with Gasteiger partial charge in [0.1, 0.15) is 0 Å². The van der Waals surface area contributed by atoms with Crippen molar-refractivity contribution < 1.29 is 9.59 Å². The maximum atomic E-state index is 12.7. The van der Waals surface area contributed by atoms with E-state index in [1.54, 1.807) is 0 Å². The summed E-state index contributed by atoms with van der Waals surface area (Å²) in [5, 5.41) is 0. The van der Waals surface area contributed by atoms with Crippen molar-refractivity contribution >= 4 is 35.1 Å². The molecule has 2 heterocycles. The number of Topliss-reactive ketones (excluding diaryl/α,β-unsaturated/α-hetero) is 2. The highest BCUT2D eigenvalue weighted by Gasteiger charge is 2.36. The van der Waals surface area contributed by atoms with E-state index in [1.807, 2.05) is 50.2 Å². The van der Waals surface area contributed by atoms with Gasteiger partial charge in [-0.05, 0) is 38.1 Å². The second-order valence-electron chi connectivity index (χ2n) is 5.52. The number of aryl methyl sites for hydroxylation is 2. The minimum atomic E-state index is -0.0240. The summed E-state index contributed by atoms with van der Waals surface area (Å²) in [6, 6.07) is 11.7. The van der Waals surface area contributed by atoms with Crippen molar-refractivity contribution in [3.05, 3.63) is 68.5 Å². The molecule has 22 heavy (non-hydrogen) atoms. The van der Waals surface area contributed by atoms with Crippen LogP contribution in [0.4, 0.5) is 0 Å². The van der Waals surface area contributed by atoms with E-state index in [0.717, 1.165) is 20.9 Å². The van der Waals surface area contributed by atoms with Gasteiger partial charge in [0, 0.05) is 20.9 Å². The van der Waals surface area contributed by atoms with Gasteiger partial charge in [0.15, 0.2) is 0 Å². The van der Waals surface area contributed by atoms with Crippen LogP contribution in [0, 0.1) is 13.8 Å². The van der Waals surface area contributed by atoms with Crippen molar-refractivity contribution in [2.45, 2.75) is 23.6 Å². The van der Waals surface area contributed by atoms with E-state index in [-0.39, 0.29) is 11.6 Å². The van der Waals surface area contributed by atoms with Crippen LogP contribution in [-0.4, -0.2) is 11.6 Å². The van der Waals surface area contributed by atoms with Crippen LogP contribution in [0.3, 0.4) is 0 Å². The van der Waals surface area contributed by atoms with Crippen LogP contribution in [0.2, 0.25) is 0 Å². The molecule has 0 saturated carbocycles. The smallest absolute Gasteiger partial charge is 0.202 e. The van der Waals surface area contributed by atoms with Gasteiger partial charge in [0.25, 0.3) is 0 Å². The summed E-state index contributed by atoms with van der Waals surface area (Å²) in [4.78, 5) is 28.3. The molecule has 0 saturated heterocycles. The summed E-state index contributed by atoms with van der Waals surface area (Å²) in [6.07, 6.45) is 0. The van der Waals surface area contributed by atoms with E-state index < -0.39 is 0 Å². The fourth-order valence-electron chi connectivity index (χ4n) is 2.68. The SMILES string of the molecule is Cc1ccc2c(c1)C(=O)C(=C1Sc3ccc(C)cc3C1=O)S2. The molecule has 0 N–H and O–H groups in total. The summed E-state index contributed by atoms with van der Waals surface area (Å²) >= 11 is 2.83. The molecule has 108 valence electrons. The standard InChI is InChI=1S/C18H12O2S2/c1-9-3-5-13-11(7-9)15(19)17(21-13)18-16(20)12-8-10(2)4-6-14(12)22-18/h3-8H,1-2H3. The Balaban J connectivity index is 1.82. The first kappa shape index (κ1) is 13.9. The Hall–Kier alpha value is -1.78. The average Bonchev–Trinajstić information content (AvgIpc) is 2.98. The number of ketones is 2. The van der Waals surface area contributed by atoms with Gasteiger partial charge in [0.2, 0.25) is 11.6 Å². The molecule has 2 aliphatic heterocycles. The molecule has 0 atom stereocenters. The lowest BCUT2D eigenvalue weighted by molar-refractivity contribution is 0.101. The maximum absolute atomic E-state index is 12.7. The number of carbonyl (C=O) groups excluding carboxylic acids is 2. The van der Waals surface area contributed by atoms with Crippen molar-refractivity contribution in [2.75, 3.05) is 0 Å². The Kier molecular flexibility index (Phi) is 3.06. The van der Waals surface area contributed by atoms with E-state index in [0.29, 0.717) is 20.9 Å². The van der Waals surface area contributed by atoms with E-state index in [4.69, 9.17) is 0 Å². The van der Waals surface area contributed by atoms with Gasteiger partial charge < -0.3 is 0 Å². The molecule has 2 aromatic rings. The second kappa shape index (κ2) is 4.86. The second-order valence-corrected chi connectivity index (χ2v) is 7.62. The molecule has 0 aliphatic carbocycles. The third-order valence-corrected chi connectivity index (χ3v) is 6.27. The quantitative estimate of drug-likeness (QED) is 0.652. The highest BCUT2D eigenvalue weighted by Crippen LogP contribution is 2.49. The first-order chi connectivity index (χ1) is 10.5. The zero-order valence-corrected chi connectivity index (χ0v) is 13.7. The Morgan fingerprint density at radius 1 is 0.682 bits per heavy atom.